The van der Waals surface area contributed by atoms with Crippen LogP contribution in [0.4, 0.5) is 5.69 Å². The summed E-state index contributed by atoms with van der Waals surface area (Å²) in [5, 5.41) is 5.07. The molecule has 2 rings (SSSR count). The van der Waals surface area contributed by atoms with Crippen molar-refractivity contribution < 1.29 is 28.6 Å². The molecule has 2 aromatic rings. The number of hydrogen-bond donors (Lipinski definition) is 2. The molecule has 8 heteroatoms. The third kappa shape index (κ3) is 6.39. The van der Waals surface area contributed by atoms with Crippen molar-refractivity contribution in [3.63, 3.8) is 0 Å². The summed E-state index contributed by atoms with van der Waals surface area (Å²) in [5.41, 5.74) is 1.48. The van der Waals surface area contributed by atoms with Gasteiger partial charge in [0, 0.05) is 36.0 Å². The average molecular weight is 398 g/mol. The molecule has 0 aromatic heterocycles. The van der Waals surface area contributed by atoms with E-state index in [9.17, 15) is 14.4 Å². The molecule has 0 saturated heterocycles. The minimum atomic E-state index is -0.683. The molecule has 0 aliphatic carbocycles. The van der Waals surface area contributed by atoms with E-state index in [1.54, 1.807) is 43.5 Å². The second-order valence-corrected chi connectivity index (χ2v) is 5.76. The zero-order valence-corrected chi connectivity index (χ0v) is 16.4. The van der Waals surface area contributed by atoms with Crippen molar-refractivity contribution >= 4 is 29.5 Å². The minimum Gasteiger partial charge on any atom is -0.497 e. The van der Waals surface area contributed by atoms with E-state index in [-0.39, 0.29) is 5.91 Å². The van der Waals surface area contributed by atoms with Gasteiger partial charge in [-0.15, -0.1) is 0 Å². The summed E-state index contributed by atoms with van der Waals surface area (Å²) < 4.78 is 15.3. The number of methoxy groups -OCH3 is 2. The Kier molecular flexibility index (Phi) is 7.78. The molecule has 0 radical (unpaired) electrons. The number of anilines is 1. The highest BCUT2D eigenvalue weighted by Gasteiger charge is 2.09. The van der Waals surface area contributed by atoms with Gasteiger partial charge < -0.3 is 24.8 Å². The van der Waals surface area contributed by atoms with Gasteiger partial charge in [0.25, 0.3) is 11.8 Å². The van der Waals surface area contributed by atoms with Crippen LogP contribution in [0.1, 0.15) is 15.9 Å². The number of nitrogens with one attached hydrogen (secondary N) is 2. The van der Waals surface area contributed by atoms with Crippen LogP contribution < -0.4 is 20.1 Å². The highest BCUT2D eigenvalue weighted by Crippen LogP contribution is 2.25. The number of rotatable bonds is 8. The monoisotopic (exact) mass is 398 g/mol. The normalized spacial score (nSPS) is 10.3. The Hall–Kier alpha value is -3.81. The molecule has 0 aliphatic rings. The van der Waals surface area contributed by atoms with Crippen LogP contribution in [-0.4, -0.2) is 45.7 Å². The Morgan fingerprint density at radius 2 is 1.83 bits per heavy atom. The van der Waals surface area contributed by atoms with E-state index in [0.29, 0.717) is 28.3 Å². The number of carbonyl (C=O) groups is 3. The first-order valence-electron chi connectivity index (χ1n) is 8.65. The van der Waals surface area contributed by atoms with Crippen molar-refractivity contribution in [1.82, 2.24) is 5.32 Å². The highest BCUT2D eigenvalue weighted by molar-refractivity contribution is 5.98. The lowest BCUT2D eigenvalue weighted by Gasteiger charge is -2.08. The van der Waals surface area contributed by atoms with Gasteiger partial charge in [0.15, 0.2) is 6.61 Å². The number of carbonyl (C=O) groups excluding carboxylic acids is 3. The second kappa shape index (κ2) is 10.5. The standard InChI is InChI=1S/C21H22N2O6/c1-22-21(26)15-5-4-6-16(11-15)23-19(24)13-29-20(25)10-8-14-7-9-17(27-2)12-18(14)28-3/h4-12H,13H2,1-3H3,(H,22,26)(H,23,24)/b10-8+. The number of amides is 2. The van der Waals surface area contributed by atoms with E-state index >= 15 is 0 Å². The van der Waals surface area contributed by atoms with Gasteiger partial charge in [-0.1, -0.05) is 6.07 Å². The van der Waals surface area contributed by atoms with Crippen LogP contribution in [0.2, 0.25) is 0 Å². The van der Waals surface area contributed by atoms with Crippen molar-refractivity contribution in [3.05, 3.63) is 59.7 Å². The SMILES string of the molecule is CNC(=O)c1cccc(NC(=O)COC(=O)/C=C/c2ccc(OC)cc2OC)c1. The second-order valence-electron chi connectivity index (χ2n) is 5.76. The molecule has 0 bridgehead atoms. The molecular weight excluding hydrogens is 376 g/mol. The van der Waals surface area contributed by atoms with Crippen molar-refractivity contribution in [2.75, 3.05) is 33.2 Å². The maximum atomic E-state index is 12.0. The predicted octanol–water partition coefficient (Wildman–Crippen LogP) is 2.26. The van der Waals surface area contributed by atoms with Crippen LogP contribution in [0.15, 0.2) is 48.5 Å². The van der Waals surface area contributed by atoms with E-state index < -0.39 is 18.5 Å². The summed E-state index contributed by atoms with van der Waals surface area (Å²) in [4.78, 5) is 35.5. The van der Waals surface area contributed by atoms with Crippen LogP contribution >= 0.6 is 0 Å². The van der Waals surface area contributed by atoms with E-state index in [2.05, 4.69) is 10.6 Å². The molecule has 0 spiro atoms. The van der Waals surface area contributed by atoms with Gasteiger partial charge in [-0.3, -0.25) is 9.59 Å². The molecule has 0 saturated carbocycles. The van der Waals surface area contributed by atoms with Crippen LogP contribution in [0.25, 0.3) is 6.08 Å². The highest BCUT2D eigenvalue weighted by atomic mass is 16.5. The topological polar surface area (TPSA) is 103 Å². The van der Waals surface area contributed by atoms with Crippen LogP contribution in [0.5, 0.6) is 11.5 Å². The van der Waals surface area contributed by atoms with Crippen LogP contribution in [0, 0.1) is 0 Å². The van der Waals surface area contributed by atoms with E-state index in [0.717, 1.165) is 0 Å². The Labute approximate surface area is 168 Å². The number of esters is 1. The van der Waals surface area contributed by atoms with Gasteiger partial charge >= 0.3 is 5.97 Å². The Morgan fingerprint density at radius 1 is 1.03 bits per heavy atom. The fourth-order valence-corrected chi connectivity index (χ4v) is 2.38. The first kappa shape index (κ1) is 21.5. The van der Waals surface area contributed by atoms with E-state index in [1.807, 2.05) is 0 Å². The molecular formula is C21H22N2O6. The Balaban J connectivity index is 1.90. The Morgan fingerprint density at radius 3 is 2.52 bits per heavy atom. The third-order valence-corrected chi connectivity index (χ3v) is 3.82. The third-order valence-electron chi connectivity index (χ3n) is 3.82. The Bertz CT molecular complexity index is 923. The van der Waals surface area contributed by atoms with Crippen molar-refractivity contribution in [1.29, 1.82) is 0 Å². The minimum absolute atomic E-state index is 0.272. The maximum Gasteiger partial charge on any atom is 0.331 e. The molecule has 0 aliphatic heterocycles. The number of benzene rings is 2. The molecule has 0 fully saturated rings. The quantitative estimate of drug-likeness (QED) is 0.522. The summed E-state index contributed by atoms with van der Waals surface area (Å²) in [6.07, 6.45) is 2.72. The molecule has 2 aromatic carbocycles. The fourth-order valence-electron chi connectivity index (χ4n) is 2.38. The van der Waals surface area contributed by atoms with E-state index in [1.165, 1.54) is 32.4 Å². The van der Waals surface area contributed by atoms with Crippen LogP contribution in [0.3, 0.4) is 0 Å². The van der Waals surface area contributed by atoms with Gasteiger partial charge in [0.05, 0.1) is 14.2 Å². The molecule has 29 heavy (non-hydrogen) atoms. The average Bonchev–Trinajstić information content (AvgIpc) is 2.75. The summed E-state index contributed by atoms with van der Waals surface area (Å²) in [5.74, 6) is -0.326. The zero-order valence-electron chi connectivity index (χ0n) is 16.4. The molecule has 2 N–H and O–H groups in total. The van der Waals surface area contributed by atoms with Gasteiger partial charge in [-0.05, 0) is 36.4 Å². The first-order valence-corrected chi connectivity index (χ1v) is 8.65. The summed E-state index contributed by atoms with van der Waals surface area (Å²) in [6.45, 7) is -0.465. The van der Waals surface area contributed by atoms with Crippen LogP contribution in [-0.2, 0) is 14.3 Å². The van der Waals surface area contributed by atoms with E-state index in [4.69, 9.17) is 14.2 Å². The van der Waals surface area contributed by atoms with Crippen molar-refractivity contribution in [3.8, 4) is 11.5 Å². The molecule has 2 amide bonds. The number of ether oxygens (including phenoxy) is 3. The molecule has 0 unspecified atom stereocenters. The fraction of sp³-hybridized carbons (Fsp3) is 0.190. The van der Waals surface area contributed by atoms with Crippen molar-refractivity contribution in [2.24, 2.45) is 0 Å². The molecule has 8 nitrogen and oxygen atoms in total. The van der Waals surface area contributed by atoms with Gasteiger partial charge in [-0.25, -0.2) is 4.79 Å². The summed E-state index contributed by atoms with van der Waals surface area (Å²) in [7, 11) is 4.57. The first-order chi connectivity index (χ1) is 14.0. The van der Waals surface area contributed by atoms with Gasteiger partial charge in [0.1, 0.15) is 11.5 Å². The summed E-state index contributed by atoms with van der Waals surface area (Å²) >= 11 is 0. The maximum absolute atomic E-state index is 12.0. The van der Waals surface area contributed by atoms with Gasteiger partial charge in [0.2, 0.25) is 0 Å². The zero-order chi connectivity index (χ0) is 21.2. The molecule has 0 heterocycles. The van der Waals surface area contributed by atoms with Gasteiger partial charge in [-0.2, -0.15) is 0 Å². The summed E-state index contributed by atoms with van der Waals surface area (Å²) in [6, 6.07) is 11.5. The largest absolute Gasteiger partial charge is 0.497 e. The van der Waals surface area contributed by atoms with Crippen molar-refractivity contribution in [2.45, 2.75) is 0 Å². The molecule has 0 atom stereocenters. The smallest absolute Gasteiger partial charge is 0.331 e. The predicted molar refractivity (Wildman–Crippen MR) is 108 cm³/mol. The molecule has 152 valence electrons. The number of hydrogen-bond acceptors (Lipinski definition) is 6. The lowest BCUT2D eigenvalue weighted by Crippen LogP contribution is -2.21. The lowest BCUT2D eigenvalue weighted by molar-refractivity contribution is -0.142. The lowest BCUT2D eigenvalue weighted by atomic mass is 10.2.